The summed E-state index contributed by atoms with van der Waals surface area (Å²) in [5.41, 5.74) is -0.597. The first-order valence-corrected chi connectivity index (χ1v) is 5.83. The number of rotatable bonds is 3. The van der Waals surface area contributed by atoms with Gasteiger partial charge in [0.15, 0.2) is 0 Å². The summed E-state index contributed by atoms with van der Waals surface area (Å²) in [6.45, 7) is 6.51. The van der Waals surface area contributed by atoms with Gasteiger partial charge in [-0.15, -0.1) is 0 Å². The van der Waals surface area contributed by atoms with Crippen molar-refractivity contribution in [3.05, 3.63) is 12.7 Å². The maximum atomic E-state index is 9.75. The van der Waals surface area contributed by atoms with Crippen LogP contribution >= 0.6 is 0 Å². The molecular weight excluding hydrogens is 204 g/mol. The van der Waals surface area contributed by atoms with E-state index < -0.39 is 5.60 Å². The van der Waals surface area contributed by atoms with Crippen molar-refractivity contribution in [3.63, 3.8) is 0 Å². The van der Waals surface area contributed by atoms with Crippen LogP contribution in [0, 0.1) is 0 Å². The average molecular weight is 224 g/mol. The van der Waals surface area contributed by atoms with Crippen LogP contribution in [0.1, 0.15) is 32.7 Å². The highest BCUT2D eigenvalue weighted by molar-refractivity contribution is 4.80. The van der Waals surface area contributed by atoms with Gasteiger partial charge in [-0.1, -0.05) is 0 Å². The summed E-state index contributed by atoms with van der Waals surface area (Å²) in [6.07, 6.45) is 5.54. The first kappa shape index (κ1) is 11.5. The molecule has 5 heteroatoms. The van der Waals surface area contributed by atoms with Crippen LogP contribution in [0.25, 0.3) is 0 Å². The molecule has 0 saturated carbocycles. The number of aliphatic hydroxyl groups is 1. The summed E-state index contributed by atoms with van der Waals surface area (Å²) in [5.74, 6) is 0. The predicted molar refractivity (Wildman–Crippen MR) is 61.0 cm³/mol. The number of aromatic nitrogens is 3. The molecule has 0 aliphatic carbocycles. The maximum Gasteiger partial charge on any atom is 0.137 e. The van der Waals surface area contributed by atoms with Crippen LogP contribution in [0.2, 0.25) is 0 Å². The van der Waals surface area contributed by atoms with Gasteiger partial charge in [-0.05, 0) is 26.7 Å². The first-order chi connectivity index (χ1) is 7.54. The van der Waals surface area contributed by atoms with Crippen molar-refractivity contribution < 1.29 is 5.11 Å². The molecule has 0 atom stereocenters. The van der Waals surface area contributed by atoms with Crippen molar-refractivity contribution in [2.24, 2.45) is 0 Å². The average Bonchev–Trinajstić information content (AvgIpc) is 2.69. The third kappa shape index (κ3) is 3.02. The lowest BCUT2D eigenvalue weighted by atomic mass is 10.0. The van der Waals surface area contributed by atoms with Crippen LogP contribution in [0.15, 0.2) is 12.7 Å². The minimum atomic E-state index is -0.597. The fourth-order valence-corrected chi connectivity index (χ4v) is 2.30. The number of piperidine rings is 1. The molecule has 0 unspecified atom stereocenters. The third-order valence-corrected chi connectivity index (χ3v) is 2.98. The molecule has 0 spiro atoms. The largest absolute Gasteiger partial charge is 0.389 e. The van der Waals surface area contributed by atoms with Crippen molar-refractivity contribution in [1.29, 1.82) is 0 Å². The lowest BCUT2D eigenvalue weighted by molar-refractivity contribution is 0.0245. The van der Waals surface area contributed by atoms with Crippen LogP contribution in [-0.4, -0.2) is 50.0 Å². The summed E-state index contributed by atoms with van der Waals surface area (Å²) in [6, 6.07) is 0.473. The summed E-state index contributed by atoms with van der Waals surface area (Å²) >= 11 is 0. The molecule has 0 aromatic carbocycles. The molecule has 1 aromatic heterocycles. The highest BCUT2D eigenvalue weighted by Gasteiger charge is 2.24. The third-order valence-electron chi connectivity index (χ3n) is 2.98. The Morgan fingerprint density at radius 1 is 1.38 bits per heavy atom. The Hall–Kier alpha value is -0.940. The van der Waals surface area contributed by atoms with Gasteiger partial charge in [-0.25, -0.2) is 9.67 Å². The van der Waals surface area contributed by atoms with Gasteiger partial charge < -0.3 is 10.0 Å². The Kier molecular flexibility index (Phi) is 3.25. The number of hydrogen-bond donors (Lipinski definition) is 1. The second-order valence-corrected chi connectivity index (χ2v) is 5.20. The second kappa shape index (κ2) is 4.51. The molecule has 0 radical (unpaired) electrons. The van der Waals surface area contributed by atoms with Gasteiger partial charge in [-0.2, -0.15) is 5.10 Å². The first-order valence-electron chi connectivity index (χ1n) is 5.83. The van der Waals surface area contributed by atoms with Crippen LogP contribution in [-0.2, 0) is 0 Å². The summed E-state index contributed by atoms with van der Waals surface area (Å²) in [7, 11) is 0. The molecule has 0 bridgehead atoms. The van der Waals surface area contributed by atoms with E-state index in [0.717, 1.165) is 32.5 Å². The minimum Gasteiger partial charge on any atom is -0.389 e. The molecule has 1 aliphatic heterocycles. The van der Waals surface area contributed by atoms with Crippen molar-refractivity contribution >= 4 is 0 Å². The highest BCUT2D eigenvalue weighted by atomic mass is 16.3. The molecule has 1 N–H and O–H groups in total. The van der Waals surface area contributed by atoms with Crippen molar-refractivity contribution in [3.8, 4) is 0 Å². The fraction of sp³-hybridized carbons (Fsp3) is 0.818. The molecule has 1 fully saturated rings. The Bertz CT molecular complexity index is 309. The van der Waals surface area contributed by atoms with E-state index >= 15 is 0 Å². The van der Waals surface area contributed by atoms with Crippen LogP contribution < -0.4 is 0 Å². The van der Waals surface area contributed by atoms with E-state index in [1.165, 1.54) is 0 Å². The molecule has 16 heavy (non-hydrogen) atoms. The van der Waals surface area contributed by atoms with E-state index in [2.05, 4.69) is 15.0 Å². The lowest BCUT2D eigenvalue weighted by Gasteiger charge is -2.35. The van der Waals surface area contributed by atoms with Gasteiger partial charge in [0.1, 0.15) is 12.7 Å². The molecule has 2 rings (SSSR count). The Morgan fingerprint density at radius 2 is 2.06 bits per heavy atom. The van der Waals surface area contributed by atoms with E-state index in [9.17, 15) is 5.11 Å². The molecule has 1 aromatic rings. The highest BCUT2D eigenvalue weighted by Crippen LogP contribution is 2.22. The SMILES string of the molecule is CC(C)(O)CN1CCC(n2cncn2)CC1. The minimum absolute atomic E-state index is 0.473. The fourth-order valence-electron chi connectivity index (χ4n) is 2.30. The molecule has 90 valence electrons. The van der Waals surface area contributed by atoms with Gasteiger partial charge in [0.2, 0.25) is 0 Å². The summed E-state index contributed by atoms with van der Waals surface area (Å²) < 4.78 is 1.95. The number of nitrogens with zero attached hydrogens (tertiary/aromatic N) is 4. The number of hydrogen-bond acceptors (Lipinski definition) is 4. The maximum absolute atomic E-state index is 9.75. The van der Waals surface area contributed by atoms with Crippen LogP contribution in [0.3, 0.4) is 0 Å². The molecule has 5 nitrogen and oxygen atoms in total. The van der Waals surface area contributed by atoms with Crippen LogP contribution in [0.4, 0.5) is 0 Å². The van der Waals surface area contributed by atoms with Gasteiger partial charge >= 0.3 is 0 Å². The Morgan fingerprint density at radius 3 is 2.56 bits per heavy atom. The zero-order valence-electron chi connectivity index (χ0n) is 10.0. The van der Waals surface area contributed by atoms with Crippen molar-refractivity contribution in [2.75, 3.05) is 19.6 Å². The molecule has 1 aliphatic rings. The van der Waals surface area contributed by atoms with E-state index in [-0.39, 0.29) is 0 Å². The lowest BCUT2D eigenvalue weighted by Crippen LogP contribution is -2.43. The quantitative estimate of drug-likeness (QED) is 0.820. The van der Waals surface area contributed by atoms with Crippen molar-refractivity contribution in [1.82, 2.24) is 19.7 Å². The zero-order valence-corrected chi connectivity index (χ0v) is 10.0. The summed E-state index contributed by atoms with van der Waals surface area (Å²) in [5, 5.41) is 13.9. The van der Waals surface area contributed by atoms with Gasteiger partial charge in [-0.3, -0.25) is 0 Å². The molecule has 1 saturated heterocycles. The van der Waals surface area contributed by atoms with E-state index in [1.54, 1.807) is 12.7 Å². The predicted octanol–water partition coefficient (Wildman–Crippen LogP) is 0.686. The molecule has 0 amide bonds. The molecule has 2 heterocycles. The normalized spacial score (nSPS) is 20.2. The smallest absolute Gasteiger partial charge is 0.137 e. The van der Waals surface area contributed by atoms with Gasteiger partial charge in [0, 0.05) is 19.6 Å². The second-order valence-electron chi connectivity index (χ2n) is 5.20. The monoisotopic (exact) mass is 224 g/mol. The number of likely N-dealkylation sites (tertiary alicyclic amines) is 1. The Balaban J connectivity index is 1.83. The van der Waals surface area contributed by atoms with E-state index in [0.29, 0.717) is 6.04 Å². The van der Waals surface area contributed by atoms with Crippen LogP contribution in [0.5, 0.6) is 0 Å². The Labute approximate surface area is 96.1 Å². The standard InChI is InChI=1S/C11H20N4O/c1-11(2,16)7-14-5-3-10(4-6-14)15-9-12-8-13-15/h8-10,16H,3-7H2,1-2H3. The van der Waals surface area contributed by atoms with Gasteiger partial charge in [0.05, 0.1) is 11.6 Å². The topological polar surface area (TPSA) is 54.2 Å². The summed E-state index contributed by atoms with van der Waals surface area (Å²) in [4.78, 5) is 6.29. The van der Waals surface area contributed by atoms with Crippen molar-refractivity contribution in [2.45, 2.75) is 38.3 Å². The molecular formula is C11H20N4O. The van der Waals surface area contributed by atoms with E-state index in [4.69, 9.17) is 0 Å². The van der Waals surface area contributed by atoms with Gasteiger partial charge in [0.25, 0.3) is 0 Å². The van der Waals surface area contributed by atoms with E-state index in [1.807, 2.05) is 18.5 Å². The number of β-amino-alcohol motifs (C(OH)–C–C–N with tert-alkyl or cyclic N) is 1. The zero-order chi connectivity index (χ0) is 11.6.